The topological polar surface area (TPSA) is 9.72 Å². The van der Waals surface area contributed by atoms with E-state index in [1.54, 1.807) is 0 Å². The molecule has 0 aliphatic rings. The summed E-state index contributed by atoms with van der Waals surface area (Å²) in [6, 6.07) is 24.5. The van der Waals surface area contributed by atoms with E-state index >= 15 is 0 Å². The SMILES string of the molecule is Cc1ccc(N(C)C([S-])=[SH+])cc1.Cc1ccc(N(C)C([S-])=[SH+])cc1.Cc1ccc(N(C)C([S-])=[SH+])cc1.[Fe+3]. The smallest absolute Gasteiger partial charge is 0.673 e. The predicted molar refractivity (Wildman–Crippen MR) is 182 cm³/mol. The van der Waals surface area contributed by atoms with E-state index < -0.39 is 0 Å². The molecular formula is C27H33FeN3S6+3. The van der Waals surface area contributed by atoms with Gasteiger partial charge in [0.15, 0.2) is 36.7 Å². The van der Waals surface area contributed by atoms with Crippen molar-refractivity contribution in [2.24, 2.45) is 0 Å². The van der Waals surface area contributed by atoms with Gasteiger partial charge in [-0.3, -0.25) is 0 Å². The van der Waals surface area contributed by atoms with E-state index in [0.717, 1.165) is 17.1 Å². The van der Waals surface area contributed by atoms with Crippen LogP contribution >= 0.6 is 0 Å². The first kappa shape index (κ1) is 35.9. The van der Waals surface area contributed by atoms with Gasteiger partial charge in [-0.2, -0.15) is 0 Å². The molecule has 0 N–H and O–H groups in total. The summed E-state index contributed by atoms with van der Waals surface area (Å²) in [6.07, 6.45) is 0. The Labute approximate surface area is 265 Å². The molecule has 0 spiro atoms. The van der Waals surface area contributed by atoms with Crippen LogP contribution in [0.25, 0.3) is 0 Å². The van der Waals surface area contributed by atoms with Crippen LogP contribution in [0.3, 0.4) is 0 Å². The average Bonchev–Trinajstić information content (AvgIpc) is 2.84. The molecule has 3 aromatic rings. The van der Waals surface area contributed by atoms with Crippen molar-refractivity contribution in [3.8, 4) is 0 Å². The predicted octanol–water partition coefficient (Wildman–Crippen LogP) is 4.03. The maximum atomic E-state index is 4.92. The molecular weight excluding hydrogens is 615 g/mol. The van der Waals surface area contributed by atoms with Crippen LogP contribution in [0.4, 0.5) is 17.1 Å². The summed E-state index contributed by atoms with van der Waals surface area (Å²) in [5, 5.41) is 0. The van der Waals surface area contributed by atoms with Gasteiger partial charge in [-0.15, -0.1) is 0 Å². The molecule has 0 unspecified atom stereocenters. The van der Waals surface area contributed by atoms with Crippen molar-refractivity contribution in [1.29, 1.82) is 0 Å². The van der Waals surface area contributed by atoms with Crippen molar-refractivity contribution in [3.05, 3.63) is 89.5 Å². The summed E-state index contributed by atoms with van der Waals surface area (Å²) in [4.78, 5) is 5.58. The molecule has 1 radical (unpaired) electrons. The van der Waals surface area contributed by atoms with Gasteiger partial charge in [0.2, 0.25) is 0 Å². The second-order valence-electron chi connectivity index (χ2n) is 8.03. The normalized spacial score (nSPS) is 9.32. The van der Waals surface area contributed by atoms with Gasteiger partial charge in [0.25, 0.3) is 0 Å². The van der Waals surface area contributed by atoms with E-state index in [2.05, 4.69) is 93.8 Å². The molecule has 0 aliphatic carbocycles. The van der Waals surface area contributed by atoms with Crippen molar-refractivity contribution in [3.63, 3.8) is 0 Å². The van der Waals surface area contributed by atoms with Gasteiger partial charge in [0.05, 0.1) is 0 Å². The zero-order valence-corrected chi connectivity index (χ0v) is 27.9. The second kappa shape index (κ2) is 18.2. The van der Waals surface area contributed by atoms with Crippen LogP contribution in [0, 0.1) is 20.8 Å². The fourth-order valence-electron chi connectivity index (χ4n) is 2.64. The zero-order chi connectivity index (χ0) is 27.4. The quantitative estimate of drug-likeness (QED) is 0.139. The van der Waals surface area contributed by atoms with Crippen molar-refractivity contribution >= 4 is 105 Å². The molecule has 37 heavy (non-hydrogen) atoms. The third kappa shape index (κ3) is 13.5. The van der Waals surface area contributed by atoms with Gasteiger partial charge < -0.3 is 52.6 Å². The van der Waals surface area contributed by atoms with E-state index in [-0.39, 0.29) is 17.1 Å². The molecule has 0 fully saturated rings. The fraction of sp³-hybridized carbons (Fsp3) is 0.222. The van der Waals surface area contributed by atoms with E-state index in [4.69, 9.17) is 37.9 Å². The maximum absolute atomic E-state index is 4.92. The number of hydrogen-bond donors (Lipinski definition) is 0. The molecule has 0 aromatic heterocycles. The Morgan fingerprint density at radius 3 is 0.757 bits per heavy atom. The second-order valence-corrected chi connectivity index (χ2v) is 11.4. The van der Waals surface area contributed by atoms with Gasteiger partial charge in [0, 0.05) is 38.2 Å². The Balaban J connectivity index is 0.000000518. The average molecular weight is 648 g/mol. The van der Waals surface area contributed by atoms with Gasteiger partial charge in [-0.25, -0.2) is 0 Å². The minimum absolute atomic E-state index is 0. The Kier molecular flexibility index (Phi) is 17.7. The largest absolute Gasteiger partial charge is 3.00 e. The van der Waals surface area contributed by atoms with Gasteiger partial charge in [-0.1, -0.05) is 53.1 Å². The first-order valence-corrected chi connectivity index (χ1v) is 13.5. The van der Waals surface area contributed by atoms with Crippen LogP contribution in [-0.2, 0) is 91.6 Å². The third-order valence-electron chi connectivity index (χ3n) is 5.12. The summed E-state index contributed by atoms with van der Waals surface area (Å²) in [5.41, 5.74) is 6.95. The monoisotopic (exact) mass is 647 g/mol. The van der Waals surface area contributed by atoms with E-state index in [9.17, 15) is 0 Å². The minimum atomic E-state index is 0. The van der Waals surface area contributed by atoms with E-state index in [1.165, 1.54) is 16.7 Å². The number of benzene rings is 3. The summed E-state index contributed by atoms with van der Waals surface area (Å²) in [5.74, 6) is 0. The van der Waals surface area contributed by atoms with Crippen LogP contribution in [0.15, 0.2) is 72.8 Å². The van der Waals surface area contributed by atoms with E-state index in [0.29, 0.717) is 13.0 Å². The van der Waals surface area contributed by atoms with Crippen molar-refractivity contribution in [1.82, 2.24) is 0 Å². The number of aryl methyl sites for hydroxylation is 3. The first-order valence-electron chi connectivity index (χ1n) is 10.9. The molecule has 3 rings (SSSR count). The summed E-state index contributed by atoms with van der Waals surface area (Å²) in [7, 11) is 5.71. The van der Waals surface area contributed by atoms with Crippen LogP contribution in [0.1, 0.15) is 16.7 Å². The number of rotatable bonds is 3. The first-order chi connectivity index (χ1) is 16.8. The van der Waals surface area contributed by atoms with Gasteiger partial charge >= 0.3 is 17.1 Å². The van der Waals surface area contributed by atoms with E-state index in [1.807, 2.05) is 72.2 Å². The Morgan fingerprint density at radius 2 is 0.622 bits per heavy atom. The molecule has 197 valence electrons. The molecule has 0 bridgehead atoms. The van der Waals surface area contributed by atoms with Crippen molar-refractivity contribution < 1.29 is 17.1 Å². The summed E-state index contributed by atoms with van der Waals surface area (Å²) < 4.78 is 1.75. The molecule has 0 amide bonds. The van der Waals surface area contributed by atoms with Crippen LogP contribution in [0.5, 0.6) is 0 Å². The van der Waals surface area contributed by atoms with Crippen LogP contribution in [-0.4, -0.2) is 34.1 Å². The Bertz CT molecular complexity index is 990. The summed E-state index contributed by atoms with van der Waals surface area (Å²) in [6.45, 7) is 6.17. The van der Waals surface area contributed by atoms with Gasteiger partial charge in [0.1, 0.15) is 13.0 Å². The molecule has 10 heteroatoms. The molecule has 0 atom stereocenters. The Morgan fingerprint density at radius 1 is 0.459 bits per heavy atom. The molecule has 0 saturated heterocycles. The standard InChI is InChI=1S/3C9H11NS2.Fe/c3*1-7-3-5-8(6-4-7)10(2)9(11)12;/h3*3-6H,1-2H3,(H,11,12);/q;;;+3. The number of nitrogens with zero attached hydrogens (tertiary/aromatic N) is 3. The Hall–Kier alpha value is -1.10. The fourth-order valence-corrected chi connectivity index (χ4v) is 3.30. The van der Waals surface area contributed by atoms with Crippen molar-refractivity contribution in [2.75, 3.05) is 35.8 Å². The molecule has 3 aromatic carbocycles. The number of anilines is 3. The number of thiol groups is 3. The number of hydrogen-bond acceptors (Lipinski definition) is 3. The molecule has 0 saturated carbocycles. The third-order valence-corrected chi connectivity index (χ3v) is 6.85. The van der Waals surface area contributed by atoms with Crippen LogP contribution < -0.4 is 14.7 Å². The zero-order valence-electron chi connectivity index (χ0n) is 21.7. The minimum Gasteiger partial charge on any atom is -0.673 e. The maximum Gasteiger partial charge on any atom is 3.00 e. The van der Waals surface area contributed by atoms with Crippen LogP contribution in [0.2, 0.25) is 0 Å². The molecule has 0 aliphatic heterocycles. The molecule has 3 nitrogen and oxygen atoms in total. The van der Waals surface area contributed by atoms with Crippen molar-refractivity contribution in [2.45, 2.75) is 20.8 Å². The van der Waals surface area contributed by atoms with Gasteiger partial charge in [-0.05, 0) is 57.2 Å². The molecule has 0 heterocycles. The summed E-state index contributed by atoms with van der Waals surface area (Å²) >= 11 is 27.0.